The van der Waals surface area contributed by atoms with E-state index in [4.69, 9.17) is 0 Å². The summed E-state index contributed by atoms with van der Waals surface area (Å²) in [6.45, 7) is 2.03. The Hall–Kier alpha value is -0.890. The molecule has 1 saturated carbocycles. The van der Waals surface area contributed by atoms with Gasteiger partial charge in [-0.15, -0.1) is 0 Å². The molecule has 1 heterocycles. The van der Waals surface area contributed by atoms with Crippen LogP contribution in [0.25, 0.3) is 0 Å². The van der Waals surface area contributed by atoms with Crippen molar-refractivity contribution in [1.82, 2.24) is 4.98 Å². The Labute approximate surface area is 85.0 Å². The first-order chi connectivity index (χ1) is 6.75. The molecule has 2 nitrogen and oxygen atoms in total. The molecule has 0 atom stereocenters. The molecular weight excluding hydrogens is 174 g/mol. The maximum atomic E-state index is 9.42. The van der Waals surface area contributed by atoms with Gasteiger partial charge < -0.3 is 5.11 Å². The normalized spacial score (nSPS) is 27.6. The van der Waals surface area contributed by atoms with E-state index >= 15 is 0 Å². The molecule has 0 amide bonds. The molecule has 2 heteroatoms. The third-order valence-electron chi connectivity index (χ3n) is 3.09. The van der Waals surface area contributed by atoms with Crippen molar-refractivity contribution >= 4 is 0 Å². The topological polar surface area (TPSA) is 33.1 Å². The highest BCUT2D eigenvalue weighted by Gasteiger charge is 2.20. The van der Waals surface area contributed by atoms with Gasteiger partial charge in [0.1, 0.15) is 0 Å². The minimum absolute atomic E-state index is 0.0609. The van der Waals surface area contributed by atoms with Crippen LogP contribution in [-0.4, -0.2) is 16.2 Å². The molecule has 0 spiro atoms. The van der Waals surface area contributed by atoms with Crippen LogP contribution in [0.2, 0.25) is 0 Å². The monoisotopic (exact) mass is 191 g/mol. The number of aliphatic hydroxyl groups is 1. The third-order valence-corrected chi connectivity index (χ3v) is 3.09. The van der Waals surface area contributed by atoms with Crippen molar-refractivity contribution < 1.29 is 5.11 Å². The zero-order valence-corrected chi connectivity index (χ0v) is 8.61. The van der Waals surface area contributed by atoms with Gasteiger partial charge in [-0.1, -0.05) is 0 Å². The maximum Gasteiger partial charge on any atom is 0.0540 e. The van der Waals surface area contributed by atoms with Gasteiger partial charge >= 0.3 is 0 Å². The van der Waals surface area contributed by atoms with Crippen molar-refractivity contribution in [2.75, 3.05) is 0 Å². The van der Waals surface area contributed by atoms with Gasteiger partial charge in [0.15, 0.2) is 0 Å². The average molecular weight is 191 g/mol. The van der Waals surface area contributed by atoms with Crippen LogP contribution in [0.5, 0.6) is 0 Å². The highest BCUT2D eigenvalue weighted by atomic mass is 16.3. The second-order valence-electron chi connectivity index (χ2n) is 4.24. The van der Waals surface area contributed by atoms with Gasteiger partial charge in [0, 0.05) is 11.9 Å². The molecule has 76 valence electrons. The highest BCUT2D eigenvalue weighted by Crippen LogP contribution is 2.32. The van der Waals surface area contributed by atoms with Crippen molar-refractivity contribution in [1.29, 1.82) is 0 Å². The summed E-state index contributed by atoms with van der Waals surface area (Å²) in [5.74, 6) is 0.639. The van der Waals surface area contributed by atoms with Crippen LogP contribution in [-0.2, 0) is 0 Å². The molecule has 0 unspecified atom stereocenters. The molecule has 1 N–H and O–H groups in total. The van der Waals surface area contributed by atoms with E-state index in [0.717, 1.165) is 31.4 Å². The number of hydrogen-bond donors (Lipinski definition) is 1. The number of hydrogen-bond acceptors (Lipinski definition) is 2. The van der Waals surface area contributed by atoms with Crippen LogP contribution < -0.4 is 0 Å². The van der Waals surface area contributed by atoms with Gasteiger partial charge in [0.25, 0.3) is 0 Å². The smallest absolute Gasteiger partial charge is 0.0540 e. The summed E-state index contributed by atoms with van der Waals surface area (Å²) in [5, 5.41) is 9.42. The van der Waals surface area contributed by atoms with Crippen molar-refractivity contribution in [3.63, 3.8) is 0 Å². The summed E-state index contributed by atoms with van der Waals surface area (Å²) in [6.07, 6.45) is 5.96. The van der Waals surface area contributed by atoms with Gasteiger partial charge in [-0.05, 0) is 56.2 Å². The Morgan fingerprint density at radius 2 is 2.00 bits per heavy atom. The van der Waals surface area contributed by atoms with Crippen LogP contribution in [0, 0.1) is 6.92 Å². The largest absolute Gasteiger partial charge is 0.393 e. The summed E-state index contributed by atoms with van der Waals surface area (Å²) in [5.41, 5.74) is 2.48. The lowest BCUT2D eigenvalue weighted by Crippen LogP contribution is -2.17. The van der Waals surface area contributed by atoms with Gasteiger partial charge in [0.05, 0.1) is 6.10 Å². The predicted molar refractivity (Wildman–Crippen MR) is 56.2 cm³/mol. The van der Waals surface area contributed by atoms with Crippen LogP contribution in [0.3, 0.4) is 0 Å². The lowest BCUT2D eigenvalue weighted by atomic mass is 9.83. The van der Waals surface area contributed by atoms with E-state index in [1.807, 2.05) is 13.1 Å². The molecule has 2 rings (SSSR count). The molecule has 1 aromatic heterocycles. The molecule has 0 radical (unpaired) electrons. The Bertz CT molecular complexity index is 303. The zero-order valence-electron chi connectivity index (χ0n) is 8.61. The second kappa shape index (κ2) is 4.09. The molecule has 1 aliphatic rings. The summed E-state index contributed by atoms with van der Waals surface area (Å²) < 4.78 is 0. The minimum Gasteiger partial charge on any atom is -0.393 e. The zero-order chi connectivity index (χ0) is 9.97. The van der Waals surface area contributed by atoms with E-state index in [1.165, 1.54) is 5.56 Å². The van der Waals surface area contributed by atoms with Gasteiger partial charge in [-0.2, -0.15) is 0 Å². The Balaban J connectivity index is 2.08. The molecule has 1 aromatic rings. The number of nitrogens with zero attached hydrogens (tertiary/aromatic N) is 1. The molecule has 1 fully saturated rings. The first-order valence-electron chi connectivity index (χ1n) is 5.36. The van der Waals surface area contributed by atoms with Crippen molar-refractivity contribution in [2.24, 2.45) is 0 Å². The second-order valence-corrected chi connectivity index (χ2v) is 4.24. The van der Waals surface area contributed by atoms with Crippen LogP contribution >= 0.6 is 0 Å². The van der Waals surface area contributed by atoms with Crippen molar-refractivity contribution in [3.8, 4) is 0 Å². The predicted octanol–water partition coefficient (Wildman–Crippen LogP) is 2.41. The number of rotatable bonds is 1. The van der Waals surface area contributed by atoms with Crippen molar-refractivity contribution in [2.45, 2.75) is 44.6 Å². The van der Waals surface area contributed by atoms with E-state index in [-0.39, 0.29) is 6.10 Å². The van der Waals surface area contributed by atoms with E-state index in [1.54, 1.807) is 0 Å². The summed E-state index contributed by atoms with van der Waals surface area (Å²) in [6, 6.07) is 4.28. The van der Waals surface area contributed by atoms with Gasteiger partial charge in [0.2, 0.25) is 0 Å². The third kappa shape index (κ3) is 2.13. The van der Waals surface area contributed by atoms with Crippen LogP contribution in [0.1, 0.15) is 42.9 Å². The molecule has 0 aliphatic heterocycles. The fraction of sp³-hybridized carbons (Fsp3) is 0.583. The molecule has 0 aromatic carbocycles. The van der Waals surface area contributed by atoms with Gasteiger partial charge in [-0.3, -0.25) is 4.98 Å². The summed E-state index contributed by atoms with van der Waals surface area (Å²) >= 11 is 0. The molecular formula is C12H17NO. The minimum atomic E-state index is -0.0609. The van der Waals surface area contributed by atoms with E-state index in [0.29, 0.717) is 5.92 Å². The molecule has 1 aliphatic carbocycles. The number of aromatic nitrogens is 1. The Morgan fingerprint density at radius 3 is 2.64 bits per heavy atom. The lowest BCUT2D eigenvalue weighted by Gasteiger charge is -2.25. The van der Waals surface area contributed by atoms with Gasteiger partial charge in [-0.25, -0.2) is 0 Å². The fourth-order valence-electron chi connectivity index (χ4n) is 2.23. The first kappa shape index (κ1) is 9.66. The van der Waals surface area contributed by atoms with Crippen molar-refractivity contribution in [3.05, 3.63) is 29.6 Å². The maximum absolute atomic E-state index is 9.42. The summed E-state index contributed by atoms with van der Waals surface area (Å²) in [4.78, 5) is 4.20. The first-order valence-corrected chi connectivity index (χ1v) is 5.36. The number of pyridine rings is 1. The Kier molecular flexibility index (Phi) is 2.82. The fourth-order valence-corrected chi connectivity index (χ4v) is 2.23. The number of aryl methyl sites for hydroxylation is 1. The Morgan fingerprint density at radius 1 is 1.29 bits per heavy atom. The number of aliphatic hydroxyl groups excluding tert-OH is 1. The molecule has 0 bridgehead atoms. The van der Waals surface area contributed by atoms with Crippen LogP contribution in [0.4, 0.5) is 0 Å². The van der Waals surface area contributed by atoms with E-state index in [2.05, 4.69) is 17.1 Å². The standard InChI is InChI=1S/C12H17NO/c1-9-8-11(6-7-13-9)10-2-4-12(14)5-3-10/h6-8,10,12,14H,2-5H2,1H3. The van der Waals surface area contributed by atoms with E-state index in [9.17, 15) is 5.11 Å². The molecule has 0 saturated heterocycles. The van der Waals surface area contributed by atoms with Crippen LogP contribution in [0.15, 0.2) is 18.3 Å². The lowest BCUT2D eigenvalue weighted by molar-refractivity contribution is 0.122. The highest BCUT2D eigenvalue weighted by molar-refractivity contribution is 5.20. The average Bonchev–Trinajstić information content (AvgIpc) is 2.19. The molecule has 14 heavy (non-hydrogen) atoms. The van der Waals surface area contributed by atoms with E-state index < -0.39 is 0 Å². The SMILES string of the molecule is Cc1cc(C2CCC(O)CC2)ccn1. The quantitative estimate of drug-likeness (QED) is 0.739. The summed E-state index contributed by atoms with van der Waals surface area (Å²) in [7, 11) is 0.